The summed E-state index contributed by atoms with van der Waals surface area (Å²) in [6.07, 6.45) is 5.56. The normalized spacial score (nSPS) is 10.8. The molecule has 0 aromatic heterocycles. The number of benzene rings is 2. The molecule has 1 N–H and O–H groups in total. The van der Waals surface area contributed by atoms with Crippen molar-refractivity contribution in [1.82, 2.24) is 5.32 Å². The van der Waals surface area contributed by atoms with Crippen LogP contribution in [0.15, 0.2) is 91.6 Å². The molecule has 2 rings (SSSR count). The van der Waals surface area contributed by atoms with Gasteiger partial charge in [-0.2, -0.15) is 0 Å². The fourth-order valence-corrected chi connectivity index (χ4v) is 2.75. The number of hydrogen-bond donors (Lipinski definition) is 1. The van der Waals surface area contributed by atoms with Crippen LogP contribution in [0.3, 0.4) is 0 Å². The van der Waals surface area contributed by atoms with E-state index in [-0.39, 0.29) is 11.8 Å². The Kier molecular flexibility index (Phi) is 7.97. The van der Waals surface area contributed by atoms with Crippen LogP contribution < -0.4 is 10.2 Å². The van der Waals surface area contributed by atoms with Crippen molar-refractivity contribution >= 4 is 17.5 Å². The number of hydrogen-bond acceptors (Lipinski definition) is 2. The summed E-state index contributed by atoms with van der Waals surface area (Å²) in [5, 5.41) is 2.87. The number of carbonyl (C=O) groups excluding carboxylic acids is 2. The summed E-state index contributed by atoms with van der Waals surface area (Å²) in [6, 6.07) is 16.9. The molecule has 0 radical (unpaired) electrons. The van der Waals surface area contributed by atoms with Gasteiger partial charge in [0.2, 0.25) is 5.91 Å². The van der Waals surface area contributed by atoms with Crippen LogP contribution in [0.4, 0.5) is 5.69 Å². The molecule has 2 amide bonds. The Morgan fingerprint density at radius 3 is 2.46 bits per heavy atom. The number of allylic oxidation sites excluding steroid dienone is 2. The van der Waals surface area contributed by atoms with E-state index < -0.39 is 0 Å². The predicted octanol–water partition coefficient (Wildman–Crippen LogP) is 4.66. The summed E-state index contributed by atoms with van der Waals surface area (Å²) in [6.45, 7) is 10.0. The van der Waals surface area contributed by atoms with Crippen molar-refractivity contribution in [3.63, 3.8) is 0 Å². The molecule has 28 heavy (non-hydrogen) atoms. The van der Waals surface area contributed by atoms with Crippen molar-refractivity contribution in [3.05, 3.63) is 103 Å². The van der Waals surface area contributed by atoms with Crippen LogP contribution in [0.2, 0.25) is 0 Å². The SMILES string of the molecule is C=C/C=C(\C=C)CNC(=O)c1cccc(CN(C(=O)CC)c2ccccc2)c1. The molecule has 0 fully saturated rings. The van der Waals surface area contributed by atoms with Crippen molar-refractivity contribution in [2.24, 2.45) is 0 Å². The van der Waals surface area contributed by atoms with Crippen LogP contribution in [0.5, 0.6) is 0 Å². The van der Waals surface area contributed by atoms with Crippen molar-refractivity contribution in [1.29, 1.82) is 0 Å². The van der Waals surface area contributed by atoms with Gasteiger partial charge in [0.05, 0.1) is 6.54 Å². The molecule has 0 bridgehead atoms. The molecular weight excluding hydrogens is 348 g/mol. The van der Waals surface area contributed by atoms with Gasteiger partial charge < -0.3 is 10.2 Å². The minimum Gasteiger partial charge on any atom is -0.348 e. The molecule has 0 saturated carbocycles. The highest BCUT2D eigenvalue weighted by molar-refractivity contribution is 5.95. The van der Waals surface area contributed by atoms with Gasteiger partial charge in [-0.3, -0.25) is 9.59 Å². The highest BCUT2D eigenvalue weighted by atomic mass is 16.2. The smallest absolute Gasteiger partial charge is 0.251 e. The van der Waals surface area contributed by atoms with E-state index in [0.29, 0.717) is 25.1 Å². The molecule has 0 aliphatic rings. The molecule has 0 unspecified atom stereocenters. The Morgan fingerprint density at radius 1 is 1.07 bits per heavy atom. The minimum absolute atomic E-state index is 0.0336. The second-order valence-electron chi connectivity index (χ2n) is 6.23. The summed E-state index contributed by atoms with van der Waals surface area (Å²) in [5.74, 6) is -0.141. The third kappa shape index (κ3) is 5.81. The summed E-state index contributed by atoms with van der Waals surface area (Å²) in [7, 11) is 0. The predicted molar refractivity (Wildman–Crippen MR) is 115 cm³/mol. The van der Waals surface area contributed by atoms with Crippen LogP contribution >= 0.6 is 0 Å². The maximum absolute atomic E-state index is 12.5. The van der Waals surface area contributed by atoms with Crippen LogP contribution in [-0.4, -0.2) is 18.4 Å². The van der Waals surface area contributed by atoms with Crippen LogP contribution in [-0.2, 0) is 11.3 Å². The maximum atomic E-state index is 12.5. The van der Waals surface area contributed by atoms with Crippen molar-refractivity contribution in [3.8, 4) is 0 Å². The number of nitrogens with one attached hydrogen (secondary N) is 1. The van der Waals surface area contributed by atoms with Gasteiger partial charge >= 0.3 is 0 Å². The lowest BCUT2D eigenvalue weighted by atomic mass is 10.1. The van der Waals surface area contributed by atoms with Gasteiger partial charge in [0, 0.05) is 24.2 Å². The third-order valence-electron chi connectivity index (χ3n) is 4.25. The first-order valence-electron chi connectivity index (χ1n) is 9.25. The van der Waals surface area contributed by atoms with Crippen molar-refractivity contribution in [2.45, 2.75) is 19.9 Å². The van der Waals surface area contributed by atoms with Crippen molar-refractivity contribution in [2.75, 3.05) is 11.4 Å². The summed E-state index contributed by atoms with van der Waals surface area (Å²) in [5.41, 5.74) is 3.16. The van der Waals surface area contributed by atoms with Gasteiger partial charge in [-0.25, -0.2) is 0 Å². The minimum atomic E-state index is -0.174. The molecule has 144 valence electrons. The third-order valence-corrected chi connectivity index (χ3v) is 4.25. The molecule has 2 aromatic rings. The first kappa shape index (κ1) is 20.9. The second-order valence-corrected chi connectivity index (χ2v) is 6.23. The quantitative estimate of drug-likeness (QED) is 0.649. The number of amides is 2. The van der Waals surface area contributed by atoms with E-state index in [9.17, 15) is 9.59 Å². The molecule has 4 heteroatoms. The number of anilines is 1. The number of rotatable bonds is 9. The highest BCUT2D eigenvalue weighted by Crippen LogP contribution is 2.18. The Balaban J connectivity index is 2.15. The summed E-state index contributed by atoms with van der Waals surface area (Å²) >= 11 is 0. The van der Waals surface area contributed by atoms with Crippen LogP contribution in [0.25, 0.3) is 0 Å². The van der Waals surface area contributed by atoms with Gasteiger partial charge in [0.1, 0.15) is 0 Å². The Hall–Kier alpha value is -3.40. The van der Waals surface area contributed by atoms with Crippen LogP contribution in [0.1, 0.15) is 29.3 Å². The first-order valence-corrected chi connectivity index (χ1v) is 9.25. The van der Waals surface area contributed by atoms with E-state index in [1.807, 2.05) is 55.5 Å². The lowest BCUT2D eigenvalue weighted by Gasteiger charge is -2.22. The van der Waals surface area contributed by atoms with Crippen LogP contribution in [0, 0.1) is 0 Å². The average Bonchev–Trinajstić information content (AvgIpc) is 2.75. The largest absolute Gasteiger partial charge is 0.348 e. The van der Waals surface area contributed by atoms with Gasteiger partial charge in [0.15, 0.2) is 0 Å². The maximum Gasteiger partial charge on any atom is 0.251 e. The molecule has 0 aliphatic heterocycles. The standard InChI is InChI=1S/C24H26N2O2/c1-4-11-19(5-2)17-25-24(28)21-13-10-12-20(16-21)18-26(23(27)6-3)22-14-8-7-9-15-22/h4-5,7-16H,1-2,6,17-18H2,3H3,(H,25,28)/b19-11+. The Labute approximate surface area is 166 Å². The molecule has 0 heterocycles. The molecule has 0 atom stereocenters. The van der Waals surface area contributed by atoms with E-state index in [1.165, 1.54) is 0 Å². The summed E-state index contributed by atoms with van der Waals surface area (Å²) in [4.78, 5) is 26.7. The average molecular weight is 374 g/mol. The summed E-state index contributed by atoms with van der Waals surface area (Å²) < 4.78 is 0. The van der Waals surface area contributed by atoms with E-state index in [0.717, 1.165) is 16.8 Å². The van der Waals surface area contributed by atoms with E-state index in [4.69, 9.17) is 0 Å². The fraction of sp³-hybridized carbons (Fsp3) is 0.167. The highest BCUT2D eigenvalue weighted by Gasteiger charge is 2.15. The molecule has 4 nitrogen and oxygen atoms in total. The molecule has 0 saturated heterocycles. The monoisotopic (exact) mass is 374 g/mol. The second kappa shape index (κ2) is 10.7. The zero-order valence-electron chi connectivity index (χ0n) is 16.2. The molecule has 0 spiro atoms. The van der Waals surface area contributed by atoms with Gasteiger partial charge in [0.25, 0.3) is 5.91 Å². The molecule has 2 aromatic carbocycles. The topological polar surface area (TPSA) is 49.4 Å². The first-order chi connectivity index (χ1) is 13.6. The Bertz CT molecular complexity index is 869. The number of carbonyl (C=O) groups is 2. The van der Waals surface area contributed by atoms with Crippen molar-refractivity contribution < 1.29 is 9.59 Å². The lowest BCUT2D eigenvalue weighted by Crippen LogP contribution is -2.30. The lowest BCUT2D eigenvalue weighted by molar-refractivity contribution is -0.118. The Morgan fingerprint density at radius 2 is 1.82 bits per heavy atom. The molecule has 0 aliphatic carbocycles. The molecular formula is C24H26N2O2. The van der Waals surface area contributed by atoms with E-state index in [2.05, 4.69) is 18.5 Å². The van der Waals surface area contributed by atoms with E-state index >= 15 is 0 Å². The van der Waals surface area contributed by atoms with Gasteiger partial charge in [-0.15, -0.1) is 0 Å². The number of para-hydroxylation sites is 1. The van der Waals surface area contributed by atoms with Gasteiger partial charge in [-0.05, 0) is 35.4 Å². The zero-order valence-corrected chi connectivity index (χ0v) is 16.2. The zero-order chi connectivity index (χ0) is 20.4. The van der Waals surface area contributed by atoms with E-state index in [1.54, 1.807) is 29.2 Å². The van der Waals surface area contributed by atoms with Gasteiger partial charge in [-0.1, -0.05) is 68.6 Å². The number of nitrogens with zero attached hydrogens (tertiary/aromatic N) is 1. The fourth-order valence-electron chi connectivity index (χ4n) is 2.75.